The molecule has 0 amide bonds. The number of nitrogens with zero attached hydrogens (tertiary/aromatic N) is 3. The summed E-state index contributed by atoms with van der Waals surface area (Å²) in [6, 6.07) is 3.99. The van der Waals surface area contributed by atoms with Gasteiger partial charge in [0, 0.05) is 49.8 Å². The Hall–Kier alpha value is -2.04. The summed E-state index contributed by atoms with van der Waals surface area (Å²) in [7, 11) is 1.96. The third-order valence-corrected chi connectivity index (χ3v) is 2.93. The smallest absolute Gasteiger partial charge is 0.127 e. The van der Waals surface area contributed by atoms with Gasteiger partial charge in [0.2, 0.25) is 0 Å². The topological polar surface area (TPSA) is 54.8 Å². The van der Waals surface area contributed by atoms with E-state index in [9.17, 15) is 0 Å². The summed E-state index contributed by atoms with van der Waals surface area (Å²) in [5.74, 6) is 0.898. The van der Waals surface area contributed by atoms with Crippen molar-refractivity contribution in [1.82, 2.24) is 14.8 Å². The molecule has 0 unspecified atom stereocenters. The number of hydrogen-bond acceptors (Lipinski definition) is 4. The van der Waals surface area contributed by atoms with E-state index >= 15 is 0 Å². The molecule has 2 rings (SSSR count). The molecular formula is C14H21N5. The van der Waals surface area contributed by atoms with Crippen LogP contribution in [0.25, 0.3) is 0 Å². The highest BCUT2D eigenvalue weighted by Gasteiger charge is 2.05. The van der Waals surface area contributed by atoms with Gasteiger partial charge in [-0.15, -0.1) is 0 Å². The Bertz CT molecular complexity index is 532. The molecule has 0 aliphatic carbocycles. The summed E-state index contributed by atoms with van der Waals surface area (Å²) in [6.07, 6.45) is 4.83. The SMILES string of the molecule is CCNc1cc(NCc2cn(C)nc2CC)ccn1. The lowest BCUT2D eigenvalue weighted by molar-refractivity contribution is 0.746. The molecule has 0 saturated heterocycles. The number of aryl methyl sites for hydroxylation is 2. The van der Waals surface area contributed by atoms with Gasteiger partial charge in [-0.05, 0) is 19.4 Å². The fourth-order valence-corrected chi connectivity index (χ4v) is 2.04. The second-order valence-electron chi connectivity index (χ2n) is 4.44. The van der Waals surface area contributed by atoms with Crippen LogP contribution in [-0.2, 0) is 20.0 Å². The Balaban J connectivity index is 2.03. The number of aromatic nitrogens is 3. The maximum atomic E-state index is 4.44. The molecule has 5 heteroatoms. The Morgan fingerprint density at radius 1 is 1.26 bits per heavy atom. The van der Waals surface area contributed by atoms with Crippen molar-refractivity contribution in [2.75, 3.05) is 17.2 Å². The molecule has 2 aromatic heterocycles. The zero-order valence-electron chi connectivity index (χ0n) is 11.8. The highest BCUT2D eigenvalue weighted by atomic mass is 15.3. The minimum Gasteiger partial charge on any atom is -0.381 e. The summed E-state index contributed by atoms with van der Waals surface area (Å²) in [4.78, 5) is 4.25. The van der Waals surface area contributed by atoms with E-state index in [1.165, 1.54) is 5.56 Å². The van der Waals surface area contributed by atoms with E-state index < -0.39 is 0 Å². The third-order valence-electron chi connectivity index (χ3n) is 2.93. The van der Waals surface area contributed by atoms with Gasteiger partial charge in [0.15, 0.2) is 0 Å². The zero-order valence-corrected chi connectivity index (χ0v) is 11.8. The Morgan fingerprint density at radius 3 is 2.84 bits per heavy atom. The molecule has 2 heterocycles. The van der Waals surface area contributed by atoms with Crippen molar-refractivity contribution in [3.8, 4) is 0 Å². The van der Waals surface area contributed by atoms with Crippen molar-refractivity contribution in [2.24, 2.45) is 7.05 Å². The molecular weight excluding hydrogens is 238 g/mol. The van der Waals surface area contributed by atoms with E-state index in [2.05, 4.69) is 40.8 Å². The van der Waals surface area contributed by atoms with E-state index in [0.29, 0.717) is 0 Å². The van der Waals surface area contributed by atoms with Crippen molar-refractivity contribution < 1.29 is 0 Å². The van der Waals surface area contributed by atoms with Crippen LogP contribution in [0.15, 0.2) is 24.5 Å². The number of pyridine rings is 1. The van der Waals surface area contributed by atoms with Gasteiger partial charge in [0.05, 0.1) is 5.69 Å². The van der Waals surface area contributed by atoms with Crippen LogP contribution in [0, 0.1) is 0 Å². The van der Waals surface area contributed by atoms with Gasteiger partial charge in [-0.2, -0.15) is 5.10 Å². The summed E-state index contributed by atoms with van der Waals surface area (Å²) in [5.41, 5.74) is 3.46. The van der Waals surface area contributed by atoms with Gasteiger partial charge in [0.1, 0.15) is 5.82 Å². The average molecular weight is 259 g/mol. The molecule has 0 aliphatic heterocycles. The fourth-order valence-electron chi connectivity index (χ4n) is 2.04. The molecule has 0 saturated carbocycles. The minimum atomic E-state index is 0.784. The molecule has 0 bridgehead atoms. The number of anilines is 2. The number of hydrogen-bond donors (Lipinski definition) is 2. The summed E-state index contributed by atoms with van der Waals surface area (Å²) < 4.78 is 1.87. The standard InChI is InChI=1S/C14H21N5/c1-4-13-11(10-19(3)18-13)9-17-12-6-7-16-14(8-12)15-5-2/h6-8,10H,4-5,9H2,1-3H3,(H2,15,16,17). The Kier molecular flexibility index (Phi) is 4.39. The van der Waals surface area contributed by atoms with E-state index in [-0.39, 0.29) is 0 Å². The molecule has 5 nitrogen and oxygen atoms in total. The second kappa shape index (κ2) is 6.22. The summed E-state index contributed by atoms with van der Waals surface area (Å²) >= 11 is 0. The Morgan fingerprint density at radius 2 is 2.11 bits per heavy atom. The fraction of sp³-hybridized carbons (Fsp3) is 0.429. The average Bonchev–Trinajstić information content (AvgIpc) is 2.78. The van der Waals surface area contributed by atoms with Crippen LogP contribution in [-0.4, -0.2) is 21.3 Å². The molecule has 0 radical (unpaired) electrons. The first kappa shape index (κ1) is 13.4. The molecule has 0 spiro atoms. The molecule has 0 atom stereocenters. The van der Waals surface area contributed by atoms with Gasteiger partial charge in [-0.1, -0.05) is 6.92 Å². The van der Waals surface area contributed by atoms with Crippen LogP contribution in [0.1, 0.15) is 25.1 Å². The van der Waals surface area contributed by atoms with E-state index in [1.54, 1.807) is 0 Å². The first-order valence-corrected chi connectivity index (χ1v) is 6.68. The van der Waals surface area contributed by atoms with Gasteiger partial charge < -0.3 is 10.6 Å². The van der Waals surface area contributed by atoms with Crippen molar-refractivity contribution in [1.29, 1.82) is 0 Å². The number of rotatable bonds is 6. The zero-order chi connectivity index (χ0) is 13.7. The van der Waals surface area contributed by atoms with Crippen LogP contribution in [0.5, 0.6) is 0 Å². The van der Waals surface area contributed by atoms with Crippen molar-refractivity contribution in [3.05, 3.63) is 35.8 Å². The van der Waals surface area contributed by atoms with Crippen LogP contribution in [0.4, 0.5) is 11.5 Å². The largest absolute Gasteiger partial charge is 0.381 e. The normalized spacial score (nSPS) is 10.5. The molecule has 2 aromatic rings. The minimum absolute atomic E-state index is 0.784. The quantitative estimate of drug-likeness (QED) is 0.836. The predicted octanol–water partition coefficient (Wildman–Crippen LogP) is 2.42. The van der Waals surface area contributed by atoms with Crippen molar-refractivity contribution in [2.45, 2.75) is 26.8 Å². The van der Waals surface area contributed by atoms with Crippen LogP contribution >= 0.6 is 0 Å². The van der Waals surface area contributed by atoms with Crippen molar-refractivity contribution >= 4 is 11.5 Å². The lowest BCUT2D eigenvalue weighted by atomic mass is 10.2. The lowest BCUT2D eigenvalue weighted by Crippen LogP contribution is -2.03. The first-order valence-electron chi connectivity index (χ1n) is 6.68. The van der Waals surface area contributed by atoms with Gasteiger partial charge in [-0.25, -0.2) is 4.98 Å². The number of nitrogens with one attached hydrogen (secondary N) is 2. The third kappa shape index (κ3) is 3.47. The van der Waals surface area contributed by atoms with E-state index in [1.807, 2.05) is 30.1 Å². The lowest BCUT2D eigenvalue weighted by Gasteiger charge is -2.08. The van der Waals surface area contributed by atoms with E-state index in [0.717, 1.165) is 36.7 Å². The molecule has 2 N–H and O–H groups in total. The van der Waals surface area contributed by atoms with Crippen LogP contribution in [0.2, 0.25) is 0 Å². The first-order chi connectivity index (χ1) is 9.22. The monoisotopic (exact) mass is 259 g/mol. The highest BCUT2D eigenvalue weighted by molar-refractivity contribution is 5.52. The summed E-state index contributed by atoms with van der Waals surface area (Å²) in [6.45, 7) is 5.85. The Labute approximate surface area is 114 Å². The van der Waals surface area contributed by atoms with Gasteiger partial charge in [-0.3, -0.25) is 4.68 Å². The second-order valence-corrected chi connectivity index (χ2v) is 4.44. The van der Waals surface area contributed by atoms with Crippen molar-refractivity contribution in [3.63, 3.8) is 0 Å². The molecule has 102 valence electrons. The predicted molar refractivity (Wildman–Crippen MR) is 78.3 cm³/mol. The molecule has 19 heavy (non-hydrogen) atoms. The van der Waals surface area contributed by atoms with Gasteiger partial charge in [0.25, 0.3) is 0 Å². The maximum Gasteiger partial charge on any atom is 0.127 e. The molecule has 0 aliphatic rings. The maximum absolute atomic E-state index is 4.44. The molecule has 0 fully saturated rings. The molecule has 0 aromatic carbocycles. The van der Waals surface area contributed by atoms with Crippen LogP contribution < -0.4 is 10.6 Å². The summed E-state index contributed by atoms with van der Waals surface area (Å²) in [5, 5.41) is 11.1. The van der Waals surface area contributed by atoms with E-state index in [4.69, 9.17) is 0 Å². The highest BCUT2D eigenvalue weighted by Crippen LogP contribution is 2.14. The van der Waals surface area contributed by atoms with Gasteiger partial charge >= 0.3 is 0 Å². The van der Waals surface area contributed by atoms with Crippen LogP contribution in [0.3, 0.4) is 0 Å².